The molecule has 51 heavy (non-hydrogen) atoms. The Kier molecular flexibility index (Phi) is 5.86. The Balaban J connectivity index is 1.15. The second kappa shape index (κ2) is 10.7. The molecule has 11 aromatic rings. The van der Waals surface area contributed by atoms with Crippen LogP contribution in [0, 0.1) is 0 Å². The van der Waals surface area contributed by atoms with Crippen LogP contribution in [-0.2, 0) is 0 Å². The van der Waals surface area contributed by atoms with Gasteiger partial charge in [-0.25, -0.2) is 4.98 Å². The highest BCUT2D eigenvalue weighted by Gasteiger charge is 2.21. The van der Waals surface area contributed by atoms with Gasteiger partial charge in [-0.15, -0.1) is 0 Å². The van der Waals surface area contributed by atoms with Gasteiger partial charge in [0.2, 0.25) is 5.95 Å². The van der Waals surface area contributed by atoms with Gasteiger partial charge in [0.15, 0.2) is 11.6 Å². The summed E-state index contributed by atoms with van der Waals surface area (Å²) in [5, 5.41) is 6.46. The Bertz CT molecular complexity index is 3100. The zero-order chi connectivity index (χ0) is 33.5. The summed E-state index contributed by atoms with van der Waals surface area (Å²) >= 11 is 0. The van der Waals surface area contributed by atoms with Crippen LogP contribution in [0.1, 0.15) is 0 Å². The summed E-state index contributed by atoms with van der Waals surface area (Å²) in [4.78, 5) is 15.5. The fraction of sp³-hybridized carbons (Fsp3) is 0. The first kappa shape index (κ1) is 27.9. The van der Waals surface area contributed by atoms with E-state index in [4.69, 9.17) is 23.8 Å². The molecule has 7 aromatic carbocycles. The fourth-order valence-corrected chi connectivity index (χ4v) is 7.54. The smallest absolute Gasteiger partial charge is 0.238 e. The van der Waals surface area contributed by atoms with Gasteiger partial charge in [0.05, 0.1) is 11.0 Å². The molecule has 0 saturated carbocycles. The highest BCUT2D eigenvalue weighted by molar-refractivity contribution is 6.13. The van der Waals surface area contributed by atoms with Crippen LogP contribution in [-0.4, -0.2) is 19.5 Å². The number of benzene rings is 7. The van der Waals surface area contributed by atoms with Gasteiger partial charge >= 0.3 is 0 Å². The first-order valence-corrected chi connectivity index (χ1v) is 16.9. The third kappa shape index (κ3) is 4.26. The predicted molar refractivity (Wildman–Crippen MR) is 205 cm³/mol. The van der Waals surface area contributed by atoms with E-state index in [0.717, 1.165) is 87.9 Å². The molecule has 0 unspecified atom stereocenters. The lowest BCUT2D eigenvalue weighted by atomic mass is 9.99. The highest BCUT2D eigenvalue weighted by atomic mass is 16.3. The first-order chi connectivity index (χ1) is 25.3. The van der Waals surface area contributed by atoms with Crippen molar-refractivity contribution in [2.75, 3.05) is 0 Å². The number of furan rings is 2. The minimum absolute atomic E-state index is 0.556. The Labute approximate surface area is 290 Å². The van der Waals surface area contributed by atoms with Crippen molar-refractivity contribution in [1.82, 2.24) is 19.5 Å². The summed E-state index contributed by atoms with van der Waals surface area (Å²) in [6, 6.07) is 53.9. The molecule has 238 valence electrons. The normalized spacial score (nSPS) is 11.9. The van der Waals surface area contributed by atoms with E-state index in [2.05, 4.69) is 95.6 Å². The summed E-state index contributed by atoms with van der Waals surface area (Å²) in [6.45, 7) is 0. The molecule has 4 aromatic heterocycles. The maximum atomic E-state index is 6.45. The molecule has 0 atom stereocenters. The molecule has 11 rings (SSSR count). The topological polar surface area (TPSA) is 69.9 Å². The van der Waals surface area contributed by atoms with E-state index in [9.17, 15) is 0 Å². The average Bonchev–Trinajstić information content (AvgIpc) is 3.87. The molecular formula is C45H26N4O2. The summed E-state index contributed by atoms with van der Waals surface area (Å²) in [5.74, 6) is 1.73. The van der Waals surface area contributed by atoms with Crippen molar-refractivity contribution in [3.05, 3.63) is 158 Å². The van der Waals surface area contributed by atoms with E-state index in [1.165, 1.54) is 0 Å². The number of para-hydroxylation sites is 3. The van der Waals surface area contributed by atoms with Gasteiger partial charge in [-0.05, 0) is 59.7 Å². The maximum absolute atomic E-state index is 6.45. The summed E-state index contributed by atoms with van der Waals surface area (Å²) in [7, 11) is 0. The van der Waals surface area contributed by atoms with E-state index in [-0.39, 0.29) is 0 Å². The molecule has 0 radical (unpaired) electrons. The molecule has 0 fully saturated rings. The number of fused-ring (bicyclic) bond motifs is 9. The second-order valence-corrected chi connectivity index (χ2v) is 12.8. The van der Waals surface area contributed by atoms with Crippen LogP contribution in [0.15, 0.2) is 167 Å². The zero-order valence-electron chi connectivity index (χ0n) is 27.1. The third-order valence-corrected chi connectivity index (χ3v) is 9.88. The maximum Gasteiger partial charge on any atom is 0.238 e. The van der Waals surface area contributed by atoms with E-state index in [1.807, 2.05) is 66.7 Å². The molecule has 0 spiro atoms. The van der Waals surface area contributed by atoms with Gasteiger partial charge in [-0.2, -0.15) is 9.97 Å². The van der Waals surface area contributed by atoms with Crippen molar-refractivity contribution in [3.8, 4) is 39.9 Å². The fourth-order valence-electron chi connectivity index (χ4n) is 7.54. The summed E-state index contributed by atoms with van der Waals surface area (Å²) < 4.78 is 14.8. The standard InChI is InChI=1S/C45H26N4O2/c1-2-11-27(12-3-1)43-46-44(48-45(47-43)49-36-17-7-4-13-30(36)31-14-5-8-18-37(31)49)34-16-10-20-40-42(34)35-25-28(22-24-39(35)50-40)29-21-23-33-32-15-6-9-19-38(32)51-41(33)26-29/h1-26H. The number of aromatic nitrogens is 4. The minimum atomic E-state index is 0.556. The lowest BCUT2D eigenvalue weighted by Gasteiger charge is -2.11. The molecule has 6 nitrogen and oxygen atoms in total. The molecule has 4 heterocycles. The Morgan fingerprint density at radius 3 is 1.80 bits per heavy atom. The second-order valence-electron chi connectivity index (χ2n) is 12.8. The zero-order valence-corrected chi connectivity index (χ0v) is 27.1. The van der Waals surface area contributed by atoms with E-state index in [1.54, 1.807) is 0 Å². The van der Waals surface area contributed by atoms with Crippen LogP contribution in [0.4, 0.5) is 0 Å². The van der Waals surface area contributed by atoms with Gasteiger partial charge in [0.25, 0.3) is 0 Å². The van der Waals surface area contributed by atoms with Gasteiger partial charge in [0.1, 0.15) is 22.3 Å². The van der Waals surface area contributed by atoms with E-state index >= 15 is 0 Å². The lowest BCUT2D eigenvalue weighted by molar-refractivity contribution is 0.669. The van der Waals surface area contributed by atoms with Crippen molar-refractivity contribution >= 4 is 65.7 Å². The van der Waals surface area contributed by atoms with Crippen molar-refractivity contribution < 1.29 is 8.83 Å². The molecule has 0 bridgehead atoms. The van der Waals surface area contributed by atoms with Crippen molar-refractivity contribution in [1.29, 1.82) is 0 Å². The van der Waals surface area contributed by atoms with Crippen LogP contribution in [0.2, 0.25) is 0 Å². The SMILES string of the molecule is c1ccc(-c2nc(-c3cccc4oc5ccc(-c6ccc7c(c6)oc6ccccc67)cc5c34)nc(-n3c4ccccc4c4ccccc43)n2)cc1. The van der Waals surface area contributed by atoms with Gasteiger partial charge < -0.3 is 8.83 Å². The molecule has 0 amide bonds. The van der Waals surface area contributed by atoms with Crippen molar-refractivity contribution in [3.63, 3.8) is 0 Å². The van der Waals surface area contributed by atoms with Crippen LogP contribution in [0.3, 0.4) is 0 Å². The lowest BCUT2D eigenvalue weighted by Crippen LogP contribution is -2.06. The third-order valence-electron chi connectivity index (χ3n) is 9.88. The van der Waals surface area contributed by atoms with Crippen molar-refractivity contribution in [2.45, 2.75) is 0 Å². The Morgan fingerprint density at radius 1 is 0.373 bits per heavy atom. The van der Waals surface area contributed by atoms with Crippen LogP contribution >= 0.6 is 0 Å². The van der Waals surface area contributed by atoms with Crippen LogP contribution < -0.4 is 0 Å². The molecule has 0 aliphatic carbocycles. The van der Waals surface area contributed by atoms with Crippen LogP contribution in [0.5, 0.6) is 0 Å². The molecule has 0 N–H and O–H groups in total. The van der Waals surface area contributed by atoms with Gasteiger partial charge in [-0.1, -0.05) is 109 Å². The van der Waals surface area contributed by atoms with Gasteiger partial charge in [0, 0.05) is 43.4 Å². The Hall–Kier alpha value is -7.05. The highest BCUT2D eigenvalue weighted by Crippen LogP contribution is 2.40. The number of rotatable bonds is 4. The largest absolute Gasteiger partial charge is 0.456 e. The molecule has 0 aliphatic rings. The van der Waals surface area contributed by atoms with E-state index < -0.39 is 0 Å². The molecule has 0 saturated heterocycles. The Morgan fingerprint density at radius 2 is 0.980 bits per heavy atom. The molecule has 0 aliphatic heterocycles. The average molecular weight is 655 g/mol. The minimum Gasteiger partial charge on any atom is -0.456 e. The number of hydrogen-bond donors (Lipinski definition) is 0. The summed E-state index contributed by atoms with van der Waals surface area (Å²) in [5.41, 5.74) is 9.30. The van der Waals surface area contributed by atoms with E-state index in [0.29, 0.717) is 17.6 Å². The monoisotopic (exact) mass is 654 g/mol. The quantitative estimate of drug-likeness (QED) is 0.189. The van der Waals surface area contributed by atoms with Gasteiger partial charge in [-0.3, -0.25) is 4.57 Å². The number of nitrogens with zero attached hydrogens (tertiary/aromatic N) is 4. The predicted octanol–water partition coefficient (Wildman–Crippen LogP) is 11.8. The van der Waals surface area contributed by atoms with Crippen molar-refractivity contribution in [2.24, 2.45) is 0 Å². The number of hydrogen-bond acceptors (Lipinski definition) is 5. The molecular weight excluding hydrogens is 629 g/mol. The first-order valence-electron chi connectivity index (χ1n) is 16.9. The molecule has 6 heteroatoms. The van der Waals surface area contributed by atoms with Crippen LogP contribution in [0.25, 0.3) is 106 Å². The summed E-state index contributed by atoms with van der Waals surface area (Å²) in [6.07, 6.45) is 0.